The SMILES string of the molecule is COC[C@@H]1[C@H](NC(=O)CCc2nc(-c3cccc(C)c3)no2)[C@H]2CCO[C@H]21. The summed E-state index contributed by atoms with van der Waals surface area (Å²) in [6, 6.07) is 8.07. The Hall–Kier alpha value is -2.25. The van der Waals surface area contributed by atoms with E-state index in [0.29, 0.717) is 37.1 Å². The van der Waals surface area contributed by atoms with E-state index in [0.717, 1.165) is 24.2 Å². The van der Waals surface area contributed by atoms with Gasteiger partial charge in [0.05, 0.1) is 12.7 Å². The van der Waals surface area contributed by atoms with Gasteiger partial charge >= 0.3 is 0 Å². The number of nitrogens with one attached hydrogen (secondary N) is 1. The van der Waals surface area contributed by atoms with Crippen LogP contribution in [0.1, 0.15) is 24.3 Å². The zero-order valence-electron chi connectivity index (χ0n) is 15.7. The third-order valence-electron chi connectivity index (χ3n) is 5.53. The van der Waals surface area contributed by atoms with Crippen molar-refractivity contribution in [1.82, 2.24) is 15.5 Å². The van der Waals surface area contributed by atoms with Crippen molar-refractivity contribution in [2.24, 2.45) is 11.8 Å². The lowest BCUT2D eigenvalue weighted by Crippen LogP contribution is -2.62. The van der Waals surface area contributed by atoms with Crippen LogP contribution in [-0.4, -0.2) is 48.5 Å². The standard InChI is InChI=1S/C20H25N3O4/c1-12-4-3-5-13(10-12)20-22-17(27-23-20)7-6-16(24)21-18-14-8-9-26-19(14)15(18)11-25-2/h3-5,10,14-15,18-19H,6-9,11H2,1-2H3,(H,21,24)/t14-,15-,18-,19-/m1/s1. The smallest absolute Gasteiger partial charge is 0.227 e. The van der Waals surface area contributed by atoms with Crippen LogP contribution in [0.2, 0.25) is 0 Å². The zero-order valence-corrected chi connectivity index (χ0v) is 15.7. The fraction of sp³-hybridized carbons (Fsp3) is 0.550. The molecule has 27 heavy (non-hydrogen) atoms. The molecule has 144 valence electrons. The summed E-state index contributed by atoms with van der Waals surface area (Å²) in [4.78, 5) is 16.8. The molecule has 2 aliphatic rings. The van der Waals surface area contributed by atoms with Crippen molar-refractivity contribution in [3.05, 3.63) is 35.7 Å². The average Bonchev–Trinajstić information content (AvgIpc) is 3.30. The summed E-state index contributed by atoms with van der Waals surface area (Å²) in [5, 5.41) is 7.17. The second kappa shape index (κ2) is 7.78. The van der Waals surface area contributed by atoms with Crippen LogP contribution in [0.5, 0.6) is 0 Å². The Bertz CT molecular complexity index is 806. The number of methoxy groups -OCH3 is 1. The van der Waals surface area contributed by atoms with Crippen LogP contribution < -0.4 is 5.32 Å². The lowest BCUT2D eigenvalue weighted by atomic mass is 9.67. The van der Waals surface area contributed by atoms with E-state index in [1.165, 1.54) is 0 Å². The molecular weight excluding hydrogens is 346 g/mol. The summed E-state index contributed by atoms with van der Waals surface area (Å²) in [5.74, 6) is 1.68. The Morgan fingerprint density at radius 1 is 1.41 bits per heavy atom. The van der Waals surface area contributed by atoms with Crippen LogP contribution in [-0.2, 0) is 20.7 Å². The first-order valence-corrected chi connectivity index (χ1v) is 9.45. The van der Waals surface area contributed by atoms with Crippen molar-refractivity contribution in [3.8, 4) is 11.4 Å². The molecule has 0 bridgehead atoms. The van der Waals surface area contributed by atoms with E-state index in [2.05, 4.69) is 15.5 Å². The zero-order chi connectivity index (χ0) is 18.8. The van der Waals surface area contributed by atoms with Crippen molar-refractivity contribution in [1.29, 1.82) is 0 Å². The molecule has 0 spiro atoms. The van der Waals surface area contributed by atoms with E-state index in [9.17, 15) is 4.79 Å². The maximum atomic E-state index is 12.4. The molecule has 1 aliphatic heterocycles. The van der Waals surface area contributed by atoms with Crippen LogP contribution in [0.15, 0.2) is 28.8 Å². The van der Waals surface area contributed by atoms with Gasteiger partial charge in [-0.15, -0.1) is 0 Å². The van der Waals surface area contributed by atoms with Crippen molar-refractivity contribution in [2.75, 3.05) is 20.3 Å². The molecule has 1 aromatic carbocycles. The maximum Gasteiger partial charge on any atom is 0.227 e. The molecule has 1 N–H and O–H groups in total. The highest BCUT2D eigenvalue weighted by Gasteiger charge is 2.54. The van der Waals surface area contributed by atoms with Gasteiger partial charge in [-0.2, -0.15) is 4.98 Å². The van der Waals surface area contributed by atoms with Gasteiger partial charge in [0.15, 0.2) is 0 Å². The number of fused-ring (bicyclic) bond motifs is 1. The molecule has 4 atom stereocenters. The largest absolute Gasteiger partial charge is 0.384 e. The van der Waals surface area contributed by atoms with E-state index in [4.69, 9.17) is 14.0 Å². The molecular formula is C20H25N3O4. The van der Waals surface area contributed by atoms with Crippen molar-refractivity contribution >= 4 is 5.91 Å². The van der Waals surface area contributed by atoms with Gasteiger partial charge in [-0.1, -0.05) is 28.9 Å². The molecule has 1 aliphatic carbocycles. The normalized spacial score (nSPS) is 26.4. The Labute approximate surface area is 158 Å². The highest BCUT2D eigenvalue weighted by Crippen LogP contribution is 2.43. The van der Waals surface area contributed by atoms with Gasteiger partial charge < -0.3 is 19.3 Å². The molecule has 2 fully saturated rings. The molecule has 0 radical (unpaired) electrons. The number of nitrogens with zero attached hydrogens (tertiary/aromatic N) is 2. The number of amides is 1. The predicted octanol–water partition coefficient (Wildman–Crippen LogP) is 2.14. The molecule has 1 amide bonds. The molecule has 2 aromatic rings. The number of ether oxygens (including phenoxy) is 2. The van der Waals surface area contributed by atoms with E-state index >= 15 is 0 Å². The number of aryl methyl sites for hydroxylation is 2. The molecule has 2 heterocycles. The van der Waals surface area contributed by atoms with Crippen LogP contribution in [0.4, 0.5) is 0 Å². The highest BCUT2D eigenvalue weighted by molar-refractivity contribution is 5.76. The van der Waals surface area contributed by atoms with Gasteiger partial charge in [0.1, 0.15) is 0 Å². The first kappa shape index (κ1) is 18.1. The number of hydrogen-bond acceptors (Lipinski definition) is 6. The summed E-state index contributed by atoms with van der Waals surface area (Å²) < 4.78 is 16.3. The molecule has 7 heteroatoms. The van der Waals surface area contributed by atoms with E-state index < -0.39 is 0 Å². The Kier molecular flexibility index (Phi) is 5.22. The van der Waals surface area contributed by atoms with E-state index in [-0.39, 0.29) is 24.0 Å². The van der Waals surface area contributed by atoms with Gasteiger partial charge in [-0.05, 0) is 19.4 Å². The number of hydrogen-bond donors (Lipinski definition) is 1. The van der Waals surface area contributed by atoms with Crippen LogP contribution in [0.25, 0.3) is 11.4 Å². The number of rotatable bonds is 7. The fourth-order valence-electron chi connectivity index (χ4n) is 4.17. The maximum absolute atomic E-state index is 12.4. The minimum atomic E-state index is 0.00163. The lowest BCUT2D eigenvalue weighted by Gasteiger charge is -2.47. The molecule has 1 saturated carbocycles. The number of aromatic nitrogens is 2. The summed E-state index contributed by atoms with van der Waals surface area (Å²) in [6.07, 6.45) is 1.98. The first-order chi connectivity index (χ1) is 13.2. The highest BCUT2D eigenvalue weighted by atomic mass is 16.5. The van der Waals surface area contributed by atoms with E-state index in [1.54, 1.807) is 7.11 Å². The molecule has 1 saturated heterocycles. The summed E-state index contributed by atoms with van der Waals surface area (Å²) in [6.45, 7) is 3.40. The third-order valence-corrected chi connectivity index (χ3v) is 5.53. The minimum absolute atomic E-state index is 0.00163. The van der Waals surface area contributed by atoms with Gasteiger partial charge in [0, 0.05) is 50.0 Å². The fourth-order valence-corrected chi connectivity index (χ4v) is 4.17. The molecule has 7 nitrogen and oxygen atoms in total. The molecule has 0 unspecified atom stereocenters. The number of carbonyl (C=O) groups excluding carboxylic acids is 1. The summed E-state index contributed by atoms with van der Waals surface area (Å²) in [7, 11) is 1.68. The quantitative estimate of drug-likeness (QED) is 0.802. The van der Waals surface area contributed by atoms with Crippen LogP contribution in [0.3, 0.4) is 0 Å². The summed E-state index contributed by atoms with van der Waals surface area (Å²) >= 11 is 0. The molecule has 4 rings (SSSR count). The number of benzene rings is 1. The number of carbonyl (C=O) groups is 1. The first-order valence-electron chi connectivity index (χ1n) is 9.45. The minimum Gasteiger partial charge on any atom is -0.384 e. The second-order valence-corrected chi connectivity index (χ2v) is 7.38. The van der Waals surface area contributed by atoms with Crippen molar-refractivity contribution < 1.29 is 18.8 Å². The van der Waals surface area contributed by atoms with Crippen molar-refractivity contribution in [3.63, 3.8) is 0 Å². The summed E-state index contributed by atoms with van der Waals surface area (Å²) in [5.41, 5.74) is 2.05. The van der Waals surface area contributed by atoms with Crippen molar-refractivity contribution in [2.45, 2.75) is 38.3 Å². The van der Waals surface area contributed by atoms with E-state index in [1.807, 2.05) is 31.2 Å². The van der Waals surface area contributed by atoms with Crippen LogP contribution in [0, 0.1) is 18.8 Å². The van der Waals surface area contributed by atoms with Gasteiger partial charge in [-0.3, -0.25) is 4.79 Å². The Balaban J connectivity index is 1.31. The van der Waals surface area contributed by atoms with Crippen LogP contribution >= 0.6 is 0 Å². The average molecular weight is 371 g/mol. The van der Waals surface area contributed by atoms with Gasteiger partial charge in [-0.25, -0.2) is 0 Å². The Morgan fingerprint density at radius 2 is 2.30 bits per heavy atom. The lowest BCUT2D eigenvalue weighted by molar-refractivity contribution is -0.129. The Morgan fingerprint density at radius 3 is 3.11 bits per heavy atom. The van der Waals surface area contributed by atoms with Gasteiger partial charge in [0.2, 0.25) is 17.6 Å². The van der Waals surface area contributed by atoms with Gasteiger partial charge in [0.25, 0.3) is 0 Å². The predicted molar refractivity (Wildman–Crippen MR) is 97.9 cm³/mol. The molecule has 1 aromatic heterocycles. The monoisotopic (exact) mass is 371 g/mol. The second-order valence-electron chi connectivity index (χ2n) is 7.38. The third kappa shape index (κ3) is 3.75. The topological polar surface area (TPSA) is 86.5 Å².